The van der Waals surface area contributed by atoms with Gasteiger partial charge < -0.3 is 10.2 Å². The maximum Gasteiger partial charge on any atom is 0.129 e. The number of hydrogen-bond acceptors (Lipinski definition) is 4. The van der Waals surface area contributed by atoms with Crippen molar-refractivity contribution in [3.05, 3.63) is 22.8 Å². The Hall–Kier alpha value is -0.450. The summed E-state index contributed by atoms with van der Waals surface area (Å²) in [5.41, 5.74) is 0.952. The highest BCUT2D eigenvalue weighted by molar-refractivity contribution is 8.00. The molecule has 0 amide bonds. The zero-order valence-electron chi connectivity index (χ0n) is 13.4. The average molecular weight is 328 g/mol. The molecule has 1 aliphatic heterocycles. The first kappa shape index (κ1) is 16.9. The van der Waals surface area contributed by atoms with Gasteiger partial charge in [-0.05, 0) is 31.5 Å². The van der Waals surface area contributed by atoms with Crippen molar-refractivity contribution in [3.8, 4) is 0 Å². The molecule has 2 heterocycles. The summed E-state index contributed by atoms with van der Waals surface area (Å²) in [6.45, 7) is 11.8. The van der Waals surface area contributed by atoms with Gasteiger partial charge in [-0.25, -0.2) is 4.98 Å². The lowest BCUT2D eigenvalue weighted by atomic mass is 10.2. The molecule has 3 nitrogen and oxygen atoms in total. The second-order valence-electron chi connectivity index (χ2n) is 6.13. The van der Waals surface area contributed by atoms with Crippen molar-refractivity contribution in [2.75, 3.05) is 23.7 Å². The Morgan fingerprint density at radius 3 is 2.90 bits per heavy atom. The van der Waals surface area contributed by atoms with Gasteiger partial charge in [-0.2, -0.15) is 11.8 Å². The molecule has 2 atom stereocenters. The second kappa shape index (κ2) is 7.70. The summed E-state index contributed by atoms with van der Waals surface area (Å²) in [6, 6.07) is 4.54. The van der Waals surface area contributed by atoms with Crippen LogP contribution in [0.25, 0.3) is 0 Å². The van der Waals surface area contributed by atoms with E-state index in [1.807, 2.05) is 23.9 Å². The number of thioether (sulfide) groups is 1. The van der Waals surface area contributed by atoms with Gasteiger partial charge in [0.2, 0.25) is 0 Å². The molecule has 1 saturated heterocycles. The summed E-state index contributed by atoms with van der Waals surface area (Å²) < 4.78 is 0. The molecular weight excluding hydrogens is 302 g/mol. The molecule has 21 heavy (non-hydrogen) atoms. The molecule has 1 N–H and O–H groups in total. The minimum Gasteiger partial charge on any atom is -0.352 e. The van der Waals surface area contributed by atoms with Crippen molar-refractivity contribution in [1.82, 2.24) is 10.3 Å². The molecule has 1 aliphatic rings. The molecule has 5 heteroatoms. The number of nitrogens with one attached hydrogen (secondary N) is 1. The second-order valence-corrected chi connectivity index (χ2v) is 8.02. The van der Waals surface area contributed by atoms with Crippen LogP contribution in [0.1, 0.15) is 33.4 Å². The molecule has 1 aromatic rings. The van der Waals surface area contributed by atoms with Crippen LogP contribution in [-0.4, -0.2) is 35.1 Å². The first-order valence-electron chi connectivity index (χ1n) is 7.73. The van der Waals surface area contributed by atoms with Crippen LogP contribution in [0.3, 0.4) is 0 Å². The topological polar surface area (TPSA) is 28.2 Å². The van der Waals surface area contributed by atoms with Crippen molar-refractivity contribution in [2.24, 2.45) is 5.92 Å². The highest BCUT2D eigenvalue weighted by atomic mass is 35.5. The molecule has 0 aromatic carbocycles. The zero-order chi connectivity index (χ0) is 15.4. The molecule has 2 rings (SSSR count). The summed E-state index contributed by atoms with van der Waals surface area (Å²) in [5, 5.41) is 4.81. The molecule has 0 bridgehead atoms. The number of rotatable bonds is 5. The normalized spacial score (nSPS) is 22.9. The van der Waals surface area contributed by atoms with E-state index in [0.717, 1.165) is 41.9 Å². The van der Waals surface area contributed by atoms with E-state index < -0.39 is 0 Å². The van der Waals surface area contributed by atoms with Crippen molar-refractivity contribution in [2.45, 2.75) is 45.5 Å². The number of anilines is 1. The highest BCUT2D eigenvalue weighted by Gasteiger charge is 2.26. The smallest absolute Gasteiger partial charge is 0.129 e. The lowest BCUT2D eigenvalue weighted by Gasteiger charge is -2.38. The fourth-order valence-corrected chi connectivity index (χ4v) is 3.76. The van der Waals surface area contributed by atoms with E-state index in [1.54, 1.807) is 0 Å². The number of hydrogen-bond donors (Lipinski definition) is 1. The van der Waals surface area contributed by atoms with E-state index >= 15 is 0 Å². The van der Waals surface area contributed by atoms with Gasteiger partial charge in [0.1, 0.15) is 5.82 Å². The van der Waals surface area contributed by atoms with E-state index in [-0.39, 0.29) is 0 Å². The Balaban J connectivity index is 2.10. The van der Waals surface area contributed by atoms with Crippen molar-refractivity contribution < 1.29 is 0 Å². The van der Waals surface area contributed by atoms with Crippen LogP contribution in [0.5, 0.6) is 0 Å². The summed E-state index contributed by atoms with van der Waals surface area (Å²) in [6.07, 6.45) is 0. The molecule has 2 unspecified atom stereocenters. The van der Waals surface area contributed by atoms with E-state index in [2.05, 4.69) is 37.9 Å². The molecule has 1 fully saturated rings. The molecular formula is C16H26ClN3S. The number of aromatic nitrogens is 1. The maximum absolute atomic E-state index is 6.29. The predicted molar refractivity (Wildman–Crippen MR) is 94.5 cm³/mol. The third kappa shape index (κ3) is 4.51. The summed E-state index contributed by atoms with van der Waals surface area (Å²) in [7, 11) is 0. The first-order valence-corrected chi connectivity index (χ1v) is 9.16. The fourth-order valence-electron chi connectivity index (χ4n) is 2.49. The van der Waals surface area contributed by atoms with Gasteiger partial charge >= 0.3 is 0 Å². The van der Waals surface area contributed by atoms with E-state index in [4.69, 9.17) is 16.6 Å². The molecule has 0 radical (unpaired) electrons. The van der Waals surface area contributed by atoms with Crippen LogP contribution in [0.2, 0.25) is 5.02 Å². The van der Waals surface area contributed by atoms with Gasteiger partial charge in [-0.1, -0.05) is 32.4 Å². The largest absolute Gasteiger partial charge is 0.352 e. The third-order valence-electron chi connectivity index (χ3n) is 3.93. The van der Waals surface area contributed by atoms with Gasteiger partial charge in [0, 0.05) is 30.1 Å². The van der Waals surface area contributed by atoms with Crippen molar-refractivity contribution in [1.29, 1.82) is 0 Å². The van der Waals surface area contributed by atoms with Gasteiger partial charge in [0.05, 0.1) is 10.7 Å². The Kier molecular flexibility index (Phi) is 6.20. The average Bonchev–Trinajstić information content (AvgIpc) is 2.44. The summed E-state index contributed by atoms with van der Waals surface area (Å²) in [5.74, 6) is 2.85. The highest BCUT2D eigenvalue weighted by Crippen LogP contribution is 2.29. The maximum atomic E-state index is 6.29. The van der Waals surface area contributed by atoms with Crippen LogP contribution in [0, 0.1) is 5.92 Å². The van der Waals surface area contributed by atoms with Crippen LogP contribution in [0.4, 0.5) is 5.82 Å². The minimum absolute atomic E-state index is 0.508. The van der Waals surface area contributed by atoms with Crippen molar-refractivity contribution >= 4 is 29.2 Å². The van der Waals surface area contributed by atoms with E-state index in [0.29, 0.717) is 17.2 Å². The van der Waals surface area contributed by atoms with Gasteiger partial charge in [-0.3, -0.25) is 0 Å². The lowest BCUT2D eigenvalue weighted by Crippen LogP contribution is -2.45. The monoisotopic (exact) mass is 327 g/mol. The van der Waals surface area contributed by atoms with Crippen LogP contribution in [-0.2, 0) is 6.54 Å². The number of halogens is 1. The van der Waals surface area contributed by atoms with Gasteiger partial charge in [-0.15, -0.1) is 0 Å². The summed E-state index contributed by atoms with van der Waals surface area (Å²) >= 11 is 8.33. The standard InChI is InChI=1S/C16H26ClN3S/c1-11(2)9-18-10-15-14(17)5-6-16(19-15)20-7-8-21-13(4)12(20)3/h5-6,11-13,18H,7-10H2,1-4H3. The molecule has 1 aromatic heterocycles. The lowest BCUT2D eigenvalue weighted by molar-refractivity contribution is 0.547. The van der Waals surface area contributed by atoms with Crippen LogP contribution in [0.15, 0.2) is 12.1 Å². The first-order chi connectivity index (χ1) is 9.99. The van der Waals surface area contributed by atoms with Gasteiger partial charge in [0.25, 0.3) is 0 Å². The predicted octanol–water partition coefficient (Wildman–Crippen LogP) is 3.81. The Labute approximate surface area is 137 Å². The molecule has 118 valence electrons. The molecule has 0 aliphatic carbocycles. The number of pyridine rings is 1. The number of nitrogens with zero attached hydrogens (tertiary/aromatic N) is 2. The summed E-state index contributed by atoms with van der Waals surface area (Å²) in [4.78, 5) is 7.21. The Bertz CT molecular complexity index is 467. The van der Waals surface area contributed by atoms with E-state index in [9.17, 15) is 0 Å². The zero-order valence-corrected chi connectivity index (χ0v) is 15.0. The molecule has 0 spiro atoms. The quantitative estimate of drug-likeness (QED) is 0.890. The van der Waals surface area contributed by atoms with Crippen molar-refractivity contribution in [3.63, 3.8) is 0 Å². The Morgan fingerprint density at radius 1 is 1.43 bits per heavy atom. The van der Waals surface area contributed by atoms with Crippen LogP contribution < -0.4 is 10.2 Å². The van der Waals surface area contributed by atoms with Gasteiger partial charge in [0.15, 0.2) is 0 Å². The Morgan fingerprint density at radius 2 is 2.19 bits per heavy atom. The SMILES string of the molecule is CC(C)CNCc1nc(N2CCSC(C)C2C)ccc1Cl. The van der Waals surface area contributed by atoms with E-state index in [1.165, 1.54) is 0 Å². The molecule has 0 saturated carbocycles. The third-order valence-corrected chi connectivity index (χ3v) is 5.61. The minimum atomic E-state index is 0.508. The fraction of sp³-hybridized carbons (Fsp3) is 0.688. The van der Waals surface area contributed by atoms with Crippen LogP contribution >= 0.6 is 23.4 Å².